The molecule has 0 bridgehead atoms. The van der Waals surface area contributed by atoms with Crippen molar-refractivity contribution in [1.29, 1.82) is 0 Å². The van der Waals surface area contributed by atoms with E-state index < -0.39 is 0 Å². The summed E-state index contributed by atoms with van der Waals surface area (Å²) in [6.45, 7) is 5.96. The maximum absolute atomic E-state index is 13.4. The predicted molar refractivity (Wildman–Crippen MR) is 63.9 cm³/mol. The fraction of sp³-hybridized carbons (Fsp3) is 0.462. The van der Waals surface area contributed by atoms with Gasteiger partial charge in [-0.2, -0.15) is 0 Å². The molecule has 0 heterocycles. The van der Waals surface area contributed by atoms with Crippen molar-refractivity contribution in [3.05, 3.63) is 30.1 Å². The summed E-state index contributed by atoms with van der Waals surface area (Å²) in [5.74, 6) is -0.440. The van der Waals surface area contributed by atoms with Gasteiger partial charge in [0.15, 0.2) is 0 Å². The van der Waals surface area contributed by atoms with Crippen molar-refractivity contribution >= 4 is 11.6 Å². The molecule has 0 N–H and O–H groups in total. The minimum absolute atomic E-state index is 0.0717. The molecule has 1 amide bonds. The second-order valence-electron chi connectivity index (χ2n) is 5.14. The first-order valence-corrected chi connectivity index (χ1v) is 5.32. The smallest absolute Gasteiger partial charge is 0.227 e. The second-order valence-corrected chi connectivity index (χ2v) is 5.14. The Bertz CT molecular complexity index is 382. The van der Waals surface area contributed by atoms with E-state index in [0.29, 0.717) is 12.1 Å². The molecule has 1 rings (SSSR count). The molecule has 2 nitrogen and oxygen atoms in total. The first-order chi connectivity index (χ1) is 7.31. The Balaban J connectivity index is 2.83. The van der Waals surface area contributed by atoms with Crippen LogP contribution >= 0.6 is 0 Å². The monoisotopic (exact) mass is 223 g/mol. The van der Waals surface area contributed by atoms with Crippen LogP contribution in [0.3, 0.4) is 0 Å². The minimum Gasteiger partial charge on any atom is -0.313 e. The number of nitrogens with zero attached hydrogens (tertiary/aromatic N) is 1. The fourth-order valence-electron chi connectivity index (χ4n) is 1.43. The first kappa shape index (κ1) is 12.7. The van der Waals surface area contributed by atoms with Crippen LogP contribution in [0.1, 0.15) is 27.2 Å². The third kappa shape index (κ3) is 3.33. The van der Waals surface area contributed by atoms with Crippen LogP contribution in [0.25, 0.3) is 0 Å². The van der Waals surface area contributed by atoms with Gasteiger partial charge < -0.3 is 4.90 Å². The quantitative estimate of drug-likeness (QED) is 0.753. The summed E-state index contributed by atoms with van der Waals surface area (Å²) in [6.07, 6.45) is 0.401. The third-order valence-electron chi connectivity index (χ3n) is 2.27. The predicted octanol–water partition coefficient (Wildman–Crippen LogP) is 3.22. The molecular formula is C13H18FNO. The summed E-state index contributed by atoms with van der Waals surface area (Å²) in [6, 6.07) is 6.30. The van der Waals surface area contributed by atoms with E-state index in [2.05, 4.69) is 0 Å². The molecule has 0 saturated carbocycles. The maximum atomic E-state index is 13.4. The van der Waals surface area contributed by atoms with Gasteiger partial charge in [0.25, 0.3) is 0 Å². The van der Waals surface area contributed by atoms with Crippen molar-refractivity contribution in [3.8, 4) is 0 Å². The number of carbonyl (C=O) groups excluding carboxylic acids is 1. The zero-order valence-corrected chi connectivity index (χ0v) is 10.2. The topological polar surface area (TPSA) is 20.3 Å². The number of halogens is 1. The average Bonchev–Trinajstić information content (AvgIpc) is 2.15. The van der Waals surface area contributed by atoms with Gasteiger partial charge >= 0.3 is 0 Å². The SMILES string of the molecule is CN(C(=O)CC(C)(C)C)c1ccccc1F. The van der Waals surface area contributed by atoms with E-state index in [0.717, 1.165) is 0 Å². The highest BCUT2D eigenvalue weighted by atomic mass is 19.1. The van der Waals surface area contributed by atoms with Crippen LogP contribution in [-0.2, 0) is 4.79 Å². The summed E-state index contributed by atoms with van der Waals surface area (Å²) in [5, 5.41) is 0. The summed E-state index contributed by atoms with van der Waals surface area (Å²) in [5.41, 5.74) is 0.244. The molecule has 16 heavy (non-hydrogen) atoms. The standard InChI is InChI=1S/C13H18FNO/c1-13(2,3)9-12(16)15(4)11-8-6-5-7-10(11)14/h5-8H,9H2,1-4H3. The van der Waals surface area contributed by atoms with Gasteiger partial charge in [-0.25, -0.2) is 4.39 Å². The van der Waals surface area contributed by atoms with Gasteiger partial charge in [0.2, 0.25) is 5.91 Å². The van der Waals surface area contributed by atoms with Crippen LogP contribution in [0.5, 0.6) is 0 Å². The Labute approximate surface area is 96.1 Å². The van der Waals surface area contributed by atoms with Gasteiger partial charge in [0.1, 0.15) is 5.82 Å². The summed E-state index contributed by atoms with van der Waals surface area (Å²) < 4.78 is 13.4. The highest BCUT2D eigenvalue weighted by Gasteiger charge is 2.21. The summed E-state index contributed by atoms with van der Waals surface area (Å²) >= 11 is 0. The van der Waals surface area contributed by atoms with Crippen molar-refractivity contribution in [1.82, 2.24) is 0 Å². The number of amides is 1. The summed E-state index contributed by atoms with van der Waals surface area (Å²) in [7, 11) is 1.60. The van der Waals surface area contributed by atoms with Crippen molar-refractivity contribution in [2.24, 2.45) is 5.41 Å². The molecule has 88 valence electrons. The number of hydrogen-bond donors (Lipinski definition) is 0. The molecule has 0 aliphatic rings. The molecular weight excluding hydrogens is 205 g/mol. The van der Waals surface area contributed by atoms with Crippen LogP contribution < -0.4 is 4.90 Å². The molecule has 0 radical (unpaired) electrons. The van der Waals surface area contributed by atoms with E-state index in [-0.39, 0.29) is 17.1 Å². The molecule has 0 saturated heterocycles. The molecule has 0 atom stereocenters. The van der Waals surface area contributed by atoms with Crippen LogP contribution in [-0.4, -0.2) is 13.0 Å². The Hall–Kier alpha value is -1.38. The van der Waals surface area contributed by atoms with Gasteiger partial charge in [0.05, 0.1) is 5.69 Å². The molecule has 1 aromatic carbocycles. The lowest BCUT2D eigenvalue weighted by Crippen LogP contribution is -2.30. The van der Waals surface area contributed by atoms with Crippen LogP contribution in [0.4, 0.5) is 10.1 Å². The second kappa shape index (κ2) is 4.64. The average molecular weight is 223 g/mol. The zero-order valence-electron chi connectivity index (χ0n) is 10.2. The lowest BCUT2D eigenvalue weighted by molar-refractivity contribution is -0.120. The Morgan fingerprint density at radius 3 is 2.38 bits per heavy atom. The van der Waals surface area contributed by atoms with E-state index in [9.17, 15) is 9.18 Å². The van der Waals surface area contributed by atoms with Crippen molar-refractivity contribution in [3.63, 3.8) is 0 Å². The van der Waals surface area contributed by atoms with Crippen molar-refractivity contribution in [2.75, 3.05) is 11.9 Å². The van der Waals surface area contributed by atoms with Gasteiger partial charge in [-0.1, -0.05) is 32.9 Å². The Morgan fingerprint density at radius 2 is 1.88 bits per heavy atom. The molecule has 0 fully saturated rings. The molecule has 3 heteroatoms. The van der Waals surface area contributed by atoms with Crippen molar-refractivity contribution < 1.29 is 9.18 Å². The van der Waals surface area contributed by atoms with E-state index >= 15 is 0 Å². The van der Waals surface area contributed by atoms with E-state index in [1.165, 1.54) is 11.0 Å². The highest BCUT2D eigenvalue weighted by Crippen LogP contribution is 2.23. The van der Waals surface area contributed by atoms with Crippen LogP contribution in [0.2, 0.25) is 0 Å². The van der Waals surface area contributed by atoms with Gasteiger partial charge in [-0.3, -0.25) is 4.79 Å². The van der Waals surface area contributed by atoms with Gasteiger partial charge in [0, 0.05) is 13.5 Å². The van der Waals surface area contributed by atoms with Crippen LogP contribution in [0, 0.1) is 11.2 Å². The van der Waals surface area contributed by atoms with E-state index in [1.807, 2.05) is 20.8 Å². The lowest BCUT2D eigenvalue weighted by Gasteiger charge is -2.23. The molecule has 0 aromatic heterocycles. The number of carbonyl (C=O) groups is 1. The number of hydrogen-bond acceptors (Lipinski definition) is 1. The molecule has 0 aliphatic heterocycles. The van der Waals surface area contributed by atoms with E-state index in [1.54, 1.807) is 25.2 Å². The van der Waals surface area contributed by atoms with Crippen molar-refractivity contribution in [2.45, 2.75) is 27.2 Å². The van der Waals surface area contributed by atoms with Gasteiger partial charge in [-0.05, 0) is 17.5 Å². The number of anilines is 1. The molecule has 0 unspecified atom stereocenters. The fourth-order valence-corrected chi connectivity index (χ4v) is 1.43. The Kier molecular flexibility index (Phi) is 3.68. The van der Waals surface area contributed by atoms with E-state index in [4.69, 9.17) is 0 Å². The maximum Gasteiger partial charge on any atom is 0.227 e. The highest BCUT2D eigenvalue weighted by molar-refractivity contribution is 5.93. The largest absolute Gasteiger partial charge is 0.313 e. The number of para-hydroxylation sites is 1. The summed E-state index contributed by atoms with van der Waals surface area (Å²) in [4.78, 5) is 13.2. The molecule has 1 aromatic rings. The Morgan fingerprint density at radius 1 is 1.31 bits per heavy atom. The third-order valence-corrected chi connectivity index (χ3v) is 2.27. The normalized spacial score (nSPS) is 11.3. The minimum atomic E-state index is -0.368. The van der Waals surface area contributed by atoms with Gasteiger partial charge in [-0.15, -0.1) is 0 Å². The molecule has 0 aliphatic carbocycles. The van der Waals surface area contributed by atoms with Crippen LogP contribution in [0.15, 0.2) is 24.3 Å². The molecule has 0 spiro atoms. The zero-order chi connectivity index (χ0) is 12.3. The first-order valence-electron chi connectivity index (χ1n) is 5.32. The lowest BCUT2D eigenvalue weighted by atomic mass is 9.91. The number of rotatable bonds is 2. The number of benzene rings is 1.